The second kappa shape index (κ2) is 8.89. The van der Waals surface area contributed by atoms with Crippen LogP contribution in [-0.2, 0) is 36.6 Å². The van der Waals surface area contributed by atoms with Crippen LogP contribution in [0.1, 0.15) is 5.56 Å². The highest BCUT2D eigenvalue weighted by Gasteiger charge is 2.39. The number of aliphatic hydroxyl groups is 2. The van der Waals surface area contributed by atoms with E-state index < -0.39 is 47.3 Å². The van der Waals surface area contributed by atoms with E-state index in [1.807, 2.05) is 0 Å². The molecule has 4 atom stereocenters. The Hall–Kier alpha value is -3.35. The molecule has 11 nitrogen and oxygen atoms in total. The Kier molecular flexibility index (Phi) is 6.15. The van der Waals surface area contributed by atoms with Gasteiger partial charge in [-0.25, -0.2) is 14.2 Å². The number of amides is 1. The lowest BCUT2D eigenvalue weighted by atomic mass is 9.97. The summed E-state index contributed by atoms with van der Waals surface area (Å²) < 4.78 is 22.4. The van der Waals surface area contributed by atoms with E-state index in [-0.39, 0.29) is 30.7 Å². The lowest BCUT2D eigenvalue weighted by Crippen LogP contribution is -2.60. The second-order valence-corrected chi connectivity index (χ2v) is 8.11. The summed E-state index contributed by atoms with van der Waals surface area (Å²) in [5, 5.41) is 23.8. The number of aryl methyl sites for hydroxylation is 1. The summed E-state index contributed by atoms with van der Waals surface area (Å²) in [6.45, 7) is -0.0448. The summed E-state index contributed by atoms with van der Waals surface area (Å²) in [5.41, 5.74) is -0.106. The lowest BCUT2D eigenvalue weighted by Gasteiger charge is -2.38. The first-order chi connectivity index (χ1) is 15.7. The van der Waals surface area contributed by atoms with E-state index in [4.69, 9.17) is 4.74 Å². The van der Waals surface area contributed by atoms with E-state index >= 15 is 0 Å². The van der Waals surface area contributed by atoms with Crippen molar-refractivity contribution in [2.75, 3.05) is 6.61 Å². The predicted octanol–water partition coefficient (Wildman–Crippen LogP) is -1.58. The number of ether oxygens (including phenoxy) is 1. The number of benzene rings is 1. The molecule has 1 aliphatic rings. The van der Waals surface area contributed by atoms with Crippen molar-refractivity contribution in [1.82, 2.24) is 24.0 Å². The van der Waals surface area contributed by atoms with E-state index in [0.29, 0.717) is 5.56 Å². The van der Waals surface area contributed by atoms with E-state index in [2.05, 4.69) is 10.3 Å². The van der Waals surface area contributed by atoms with Gasteiger partial charge in [0.2, 0.25) is 5.91 Å². The van der Waals surface area contributed by atoms with Crippen molar-refractivity contribution in [3.8, 4) is 0 Å². The molecule has 4 rings (SSSR count). The highest BCUT2D eigenvalue weighted by Crippen LogP contribution is 2.19. The monoisotopic (exact) mass is 461 g/mol. The van der Waals surface area contributed by atoms with Gasteiger partial charge in [0.25, 0.3) is 5.56 Å². The largest absolute Gasteiger partial charge is 0.388 e. The standard InChI is InChI=1S/C21H24FN5O6/c1-25-19-16(20(31)26(2)21(25)32)23-10-27(19)8-14-18(30)17(29)13(9-33-14)24-15(28)7-11-3-5-12(22)6-4-11/h3-6,10,13-14,17-18,29-30H,7-9H2,1-2H3,(H,24,28)/t13-,14-,17+,18-/m1/s1. The van der Waals surface area contributed by atoms with Crippen molar-refractivity contribution in [2.45, 2.75) is 37.3 Å². The number of nitrogens with zero attached hydrogens (tertiary/aromatic N) is 4. The van der Waals surface area contributed by atoms with Crippen molar-refractivity contribution in [3.63, 3.8) is 0 Å². The molecule has 1 amide bonds. The van der Waals surface area contributed by atoms with Crippen LogP contribution in [0.5, 0.6) is 0 Å². The van der Waals surface area contributed by atoms with Crippen LogP contribution < -0.4 is 16.6 Å². The summed E-state index contributed by atoms with van der Waals surface area (Å²) in [5.74, 6) is -0.818. The molecule has 0 spiro atoms. The fourth-order valence-electron chi connectivity index (χ4n) is 3.98. The molecule has 176 valence electrons. The maximum atomic E-state index is 13.0. The first-order valence-corrected chi connectivity index (χ1v) is 10.3. The molecule has 3 heterocycles. The number of hydrogen-bond acceptors (Lipinski definition) is 7. The Balaban J connectivity index is 1.45. The summed E-state index contributed by atoms with van der Waals surface area (Å²) in [6, 6.07) is 4.63. The van der Waals surface area contributed by atoms with Crippen LogP contribution in [0.15, 0.2) is 40.2 Å². The van der Waals surface area contributed by atoms with Crippen LogP contribution in [0.3, 0.4) is 0 Å². The van der Waals surface area contributed by atoms with Crippen molar-refractivity contribution < 1.29 is 24.1 Å². The fraction of sp³-hybridized carbons (Fsp3) is 0.429. The number of aromatic nitrogens is 4. The highest BCUT2D eigenvalue weighted by molar-refractivity contribution is 5.79. The summed E-state index contributed by atoms with van der Waals surface area (Å²) in [7, 11) is 2.86. The normalized spacial score (nSPS) is 23.1. The number of halogens is 1. The highest BCUT2D eigenvalue weighted by atomic mass is 19.1. The zero-order valence-electron chi connectivity index (χ0n) is 18.0. The average molecular weight is 461 g/mol. The van der Waals surface area contributed by atoms with E-state index in [1.54, 1.807) is 0 Å². The van der Waals surface area contributed by atoms with Gasteiger partial charge in [-0.1, -0.05) is 12.1 Å². The van der Waals surface area contributed by atoms with Gasteiger partial charge in [-0.15, -0.1) is 0 Å². The maximum absolute atomic E-state index is 13.0. The van der Waals surface area contributed by atoms with Gasteiger partial charge in [-0.2, -0.15) is 0 Å². The number of imidazole rings is 1. The van der Waals surface area contributed by atoms with Gasteiger partial charge in [-0.05, 0) is 17.7 Å². The number of carbonyl (C=O) groups is 1. The van der Waals surface area contributed by atoms with E-state index in [9.17, 15) is 29.0 Å². The van der Waals surface area contributed by atoms with Crippen LogP contribution in [0.2, 0.25) is 0 Å². The number of carbonyl (C=O) groups excluding carboxylic acids is 1. The van der Waals surface area contributed by atoms with Gasteiger partial charge < -0.3 is 24.8 Å². The number of rotatable bonds is 5. The van der Waals surface area contributed by atoms with Crippen LogP contribution >= 0.6 is 0 Å². The molecule has 1 saturated heterocycles. The van der Waals surface area contributed by atoms with Gasteiger partial charge in [0.15, 0.2) is 5.52 Å². The van der Waals surface area contributed by atoms with Crippen LogP contribution in [0.4, 0.5) is 4.39 Å². The first kappa shape index (κ1) is 22.8. The quantitative estimate of drug-likeness (QED) is 0.417. The molecule has 1 fully saturated rings. The molecule has 12 heteroatoms. The van der Waals surface area contributed by atoms with Crippen LogP contribution in [0, 0.1) is 5.82 Å². The third-order valence-corrected chi connectivity index (χ3v) is 5.84. The lowest BCUT2D eigenvalue weighted by molar-refractivity contribution is -0.158. The SMILES string of the molecule is Cn1c(=O)c2ncn(C[C@H]3OC[C@@H](NC(=O)Cc4ccc(F)cc4)[C@H](O)[C@@H]3O)c2n(C)c1=O. The number of hydrogen-bond donors (Lipinski definition) is 3. The van der Waals surface area contributed by atoms with E-state index in [1.165, 1.54) is 53.8 Å². The fourth-order valence-corrected chi connectivity index (χ4v) is 3.98. The number of aliphatic hydroxyl groups excluding tert-OH is 2. The Labute approximate surface area is 186 Å². The molecule has 3 N–H and O–H groups in total. The Morgan fingerprint density at radius 2 is 1.88 bits per heavy atom. The first-order valence-electron chi connectivity index (χ1n) is 10.3. The van der Waals surface area contributed by atoms with Crippen molar-refractivity contribution in [3.05, 3.63) is 62.8 Å². The second-order valence-electron chi connectivity index (χ2n) is 8.11. The molecule has 1 aromatic carbocycles. The molecule has 2 aromatic heterocycles. The third kappa shape index (κ3) is 4.32. The molecule has 1 aliphatic heterocycles. The number of fused-ring (bicyclic) bond motifs is 1. The van der Waals surface area contributed by atoms with Crippen molar-refractivity contribution in [1.29, 1.82) is 0 Å². The van der Waals surface area contributed by atoms with Gasteiger partial charge in [0, 0.05) is 14.1 Å². The zero-order chi connectivity index (χ0) is 23.9. The Bertz CT molecular complexity index is 1300. The minimum Gasteiger partial charge on any atom is -0.388 e. The average Bonchev–Trinajstić information content (AvgIpc) is 3.21. The van der Waals surface area contributed by atoms with Crippen LogP contribution in [0.25, 0.3) is 11.2 Å². The molecule has 0 radical (unpaired) electrons. The minimum absolute atomic E-state index is 0.0193. The predicted molar refractivity (Wildman–Crippen MR) is 114 cm³/mol. The molecule has 0 bridgehead atoms. The summed E-state index contributed by atoms with van der Waals surface area (Å²) in [6.07, 6.45) is -2.19. The van der Waals surface area contributed by atoms with Gasteiger partial charge >= 0.3 is 5.69 Å². The Morgan fingerprint density at radius 3 is 2.58 bits per heavy atom. The molecule has 0 saturated carbocycles. The maximum Gasteiger partial charge on any atom is 0.332 e. The summed E-state index contributed by atoms with van der Waals surface area (Å²) in [4.78, 5) is 41.0. The van der Waals surface area contributed by atoms with Gasteiger partial charge in [-0.3, -0.25) is 18.7 Å². The minimum atomic E-state index is -1.35. The van der Waals surface area contributed by atoms with Crippen molar-refractivity contribution in [2.24, 2.45) is 14.1 Å². The number of nitrogens with one attached hydrogen (secondary N) is 1. The van der Waals surface area contributed by atoms with Crippen molar-refractivity contribution >= 4 is 17.1 Å². The van der Waals surface area contributed by atoms with Crippen LogP contribution in [-0.4, -0.2) is 65.8 Å². The van der Waals surface area contributed by atoms with Gasteiger partial charge in [0.1, 0.15) is 29.8 Å². The summed E-state index contributed by atoms with van der Waals surface area (Å²) >= 11 is 0. The topological polar surface area (TPSA) is 141 Å². The van der Waals surface area contributed by atoms with Gasteiger partial charge in [0.05, 0.1) is 31.9 Å². The zero-order valence-corrected chi connectivity index (χ0v) is 18.0. The smallest absolute Gasteiger partial charge is 0.332 e. The molecule has 0 unspecified atom stereocenters. The molecule has 0 aliphatic carbocycles. The van der Waals surface area contributed by atoms with E-state index in [0.717, 1.165) is 4.57 Å². The molecule has 3 aromatic rings. The molecule has 33 heavy (non-hydrogen) atoms. The molecular weight excluding hydrogens is 437 g/mol. The third-order valence-electron chi connectivity index (χ3n) is 5.84. The Morgan fingerprint density at radius 1 is 1.18 bits per heavy atom. The molecular formula is C21H24FN5O6.